The van der Waals surface area contributed by atoms with Crippen molar-refractivity contribution in [2.24, 2.45) is 0 Å². The number of carbonyl (C=O) groups excluding carboxylic acids is 2. The van der Waals surface area contributed by atoms with E-state index in [0.29, 0.717) is 6.07 Å². The highest BCUT2D eigenvalue weighted by atomic mass is 79.9. The molecule has 0 amide bonds. The minimum atomic E-state index is -4.80. The summed E-state index contributed by atoms with van der Waals surface area (Å²) in [5.74, 6) is -0.602. The fourth-order valence-electron chi connectivity index (χ4n) is 1.35. The fourth-order valence-corrected chi connectivity index (χ4v) is 1.67. The number of hydrogen-bond donors (Lipinski definition) is 0. The number of ketones is 1. The molecule has 0 aliphatic heterocycles. The van der Waals surface area contributed by atoms with Gasteiger partial charge in [0.2, 0.25) is 0 Å². The summed E-state index contributed by atoms with van der Waals surface area (Å²) >= 11 is 2.83. The second kappa shape index (κ2) is 5.31. The molecule has 0 bridgehead atoms. The predicted octanol–water partition coefficient (Wildman–Crippen LogP) is 2.97. The molecule has 7 heteroatoms. The molecule has 0 aromatic heterocycles. The maximum atomic E-state index is 12.7. The normalized spacial score (nSPS) is 10.8. The third-order valence-corrected chi connectivity index (χ3v) is 2.68. The van der Waals surface area contributed by atoms with Crippen LogP contribution < -0.4 is 0 Å². The van der Waals surface area contributed by atoms with Crippen molar-refractivity contribution in [3.05, 3.63) is 34.4 Å². The zero-order valence-corrected chi connectivity index (χ0v) is 10.3. The minimum absolute atomic E-state index is 0.0379. The van der Waals surface area contributed by atoms with Gasteiger partial charge in [-0.3, -0.25) is 9.59 Å². The molecule has 1 aromatic carbocycles. The van der Waals surface area contributed by atoms with Gasteiger partial charge in [-0.1, -0.05) is 15.9 Å². The Morgan fingerprint density at radius 3 is 2.44 bits per heavy atom. The number of benzene rings is 1. The summed E-state index contributed by atoms with van der Waals surface area (Å²) in [5.41, 5.74) is -2.76. The van der Waals surface area contributed by atoms with E-state index in [4.69, 9.17) is 5.26 Å². The number of carbonyl (C=O) groups is 2. The minimum Gasteiger partial charge on any atom is -0.298 e. The van der Waals surface area contributed by atoms with Gasteiger partial charge in [-0.25, -0.2) is 0 Å². The van der Waals surface area contributed by atoms with Crippen LogP contribution in [-0.4, -0.2) is 17.4 Å². The molecular weight excluding hydrogens is 315 g/mol. The zero-order chi connectivity index (χ0) is 13.9. The lowest BCUT2D eigenvalue weighted by molar-refractivity contribution is -0.137. The smallest absolute Gasteiger partial charge is 0.298 e. The third kappa shape index (κ3) is 2.76. The van der Waals surface area contributed by atoms with Crippen LogP contribution in [0.3, 0.4) is 0 Å². The molecule has 0 spiro atoms. The summed E-state index contributed by atoms with van der Waals surface area (Å²) in [7, 11) is 0. The van der Waals surface area contributed by atoms with Gasteiger partial charge in [0.1, 0.15) is 0 Å². The van der Waals surface area contributed by atoms with E-state index in [9.17, 15) is 22.8 Å². The van der Waals surface area contributed by atoms with Gasteiger partial charge in [0.25, 0.3) is 0 Å². The lowest BCUT2D eigenvalue weighted by Crippen LogP contribution is -2.13. The molecule has 3 nitrogen and oxygen atoms in total. The number of Topliss-reactive ketones (excluding diaryl/α,β-unsaturated/α-hetero) is 1. The average Bonchev–Trinajstić information content (AvgIpc) is 2.34. The quantitative estimate of drug-likeness (QED) is 0.489. The number of alkyl halides is 4. The van der Waals surface area contributed by atoms with Crippen LogP contribution >= 0.6 is 15.9 Å². The first kappa shape index (κ1) is 14.4. The monoisotopic (exact) mass is 319 g/mol. The van der Waals surface area contributed by atoms with Crippen molar-refractivity contribution in [2.45, 2.75) is 6.18 Å². The van der Waals surface area contributed by atoms with Crippen molar-refractivity contribution in [3.8, 4) is 6.07 Å². The molecule has 0 aliphatic carbocycles. The zero-order valence-electron chi connectivity index (χ0n) is 8.71. The van der Waals surface area contributed by atoms with Gasteiger partial charge in [-0.2, -0.15) is 18.4 Å². The van der Waals surface area contributed by atoms with E-state index < -0.39 is 28.6 Å². The molecular formula is C11H5BrF3NO2. The van der Waals surface area contributed by atoms with Crippen LogP contribution in [0.5, 0.6) is 0 Å². The van der Waals surface area contributed by atoms with Crippen molar-refractivity contribution < 1.29 is 22.8 Å². The van der Waals surface area contributed by atoms with Crippen molar-refractivity contribution in [1.82, 2.24) is 0 Å². The molecule has 0 saturated carbocycles. The maximum absolute atomic E-state index is 12.7. The lowest BCUT2D eigenvalue weighted by Gasteiger charge is -2.12. The molecule has 0 heterocycles. The molecule has 0 radical (unpaired) electrons. The predicted molar refractivity (Wildman–Crippen MR) is 59.7 cm³/mol. The van der Waals surface area contributed by atoms with E-state index in [1.54, 1.807) is 0 Å². The van der Waals surface area contributed by atoms with Crippen molar-refractivity contribution in [1.29, 1.82) is 5.26 Å². The second-order valence-electron chi connectivity index (χ2n) is 3.27. The van der Waals surface area contributed by atoms with E-state index in [-0.39, 0.29) is 17.2 Å². The molecule has 1 rings (SSSR count). The maximum Gasteiger partial charge on any atom is 0.417 e. The van der Waals surface area contributed by atoms with Gasteiger partial charge >= 0.3 is 6.18 Å². The van der Waals surface area contributed by atoms with Gasteiger partial charge < -0.3 is 0 Å². The van der Waals surface area contributed by atoms with E-state index in [2.05, 4.69) is 15.9 Å². The summed E-state index contributed by atoms with van der Waals surface area (Å²) in [6.45, 7) is 0. The van der Waals surface area contributed by atoms with Crippen LogP contribution in [0, 0.1) is 11.3 Å². The molecule has 0 aliphatic rings. The van der Waals surface area contributed by atoms with E-state index in [1.165, 1.54) is 6.07 Å². The first-order chi connectivity index (χ1) is 8.35. The summed E-state index contributed by atoms with van der Waals surface area (Å²) in [6, 6.07) is 3.03. The largest absolute Gasteiger partial charge is 0.417 e. The van der Waals surface area contributed by atoms with Crippen LogP contribution in [0.2, 0.25) is 0 Å². The highest BCUT2D eigenvalue weighted by Gasteiger charge is 2.35. The van der Waals surface area contributed by atoms with Crippen molar-refractivity contribution in [3.63, 3.8) is 0 Å². The van der Waals surface area contributed by atoms with E-state index in [0.717, 1.165) is 6.07 Å². The van der Waals surface area contributed by atoms with Gasteiger partial charge in [0.05, 0.1) is 22.5 Å². The Balaban J connectivity index is 3.62. The molecule has 1 aromatic rings. The lowest BCUT2D eigenvalue weighted by atomic mass is 9.97. The van der Waals surface area contributed by atoms with Crippen LogP contribution in [-0.2, 0) is 6.18 Å². The van der Waals surface area contributed by atoms with Gasteiger partial charge in [-0.15, -0.1) is 0 Å². The Bertz CT molecular complexity index is 546. The number of rotatable bonds is 3. The Morgan fingerprint density at radius 1 is 1.44 bits per heavy atom. The Labute approximate surface area is 108 Å². The summed E-state index contributed by atoms with van der Waals surface area (Å²) in [6.07, 6.45) is -4.84. The van der Waals surface area contributed by atoms with Crippen molar-refractivity contribution in [2.75, 3.05) is 5.33 Å². The van der Waals surface area contributed by atoms with Crippen LogP contribution in [0.1, 0.15) is 31.8 Å². The SMILES string of the molecule is N#Cc1cc(C(=O)CBr)cc(C(F)(F)F)c1C=O. The van der Waals surface area contributed by atoms with Crippen LogP contribution in [0.4, 0.5) is 13.2 Å². The Morgan fingerprint density at radius 2 is 2.06 bits per heavy atom. The van der Waals surface area contributed by atoms with E-state index in [1.807, 2.05) is 0 Å². The Kier molecular flexibility index (Phi) is 4.24. The first-order valence-electron chi connectivity index (χ1n) is 4.54. The number of aldehydes is 1. The molecule has 0 atom stereocenters. The summed E-state index contributed by atoms with van der Waals surface area (Å²) in [5, 5.41) is 8.55. The van der Waals surface area contributed by atoms with Gasteiger partial charge in [0.15, 0.2) is 12.1 Å². The average molecular weight is 320 g/mol. The number of halogens is 4. The second-order valence-corrected chi connectivity index (χ2v) is 3.83. The molecule has 0 fully saturated rings. The molecule has 0 N–H and O–H groups in total. The topological polar surface area (TPSA) is 57.9 Å². The van der Waals surface area contributed by atoms with Crippen LogP contribution in [0.15, 0.2) is 12.1 Å². The molecule has 0 unspecified atom stereocenters. The number of hydrogen-bond acceptors (Lipinski definition) is 3. The fraction of sp³-hybridized carbons (Fsp3) is 0.182. The molecule has 94 valence electrons. The summed E-state index contributed by atoms with van der Waals surface area (Å²) in [4.78, 5) is 22.0. The summed E-state index contributed by atoms with van der Waals surface area (Å²) < 4.78 is 38.1. The number of nitriles is 1. The highest BCUT2D eigenvalue weighted by molar-refractivity contribution is 9.09. The number of nitrogens with zero attached hydrogens (tertiary/aromatic N) is 1. The van der Waals surface area contributed by atoms with Gasteiger partial charge in [-0.05, 0) is 12.1 Å². The van der Waals surface area contributed by atoms with E-state index >= 15 is 0 Å². The molecule has 0 saturated heterocycles. The Hall–Kier alpha value is -1.68. The standard InChI is InChI=1S/C11H5BrF3NO2/c12-3-10(18)6-1-7(4-16)8(5-17)9(2-6)11(13,14)15/h1-2,5H,3H2. The van der Waals surface area contributed by atoms with Crippen molar-refractivity contribution >= 4 is 28.0 Å². The molecule has 18 heavy (non-hydrogen) atoms. The van der Waals surface area contributed by atoms with Gasteiger partial charge in [0, 0.05) is 11.1 Å². The van der Waals surface area contributed by atoms with Crippen LogP contribution in [0.25, 0.3) is 0 Å². The highest BCUT2D eigenvalue weighted by Crippen LogP contribution is 2.33. The third-order valence-electron chi connectivity index (χ3n) is 2.17. The first-order valence-corrected chi connectivity index (χ1v) is 5.67.